The van der Waals surface area contributed by atoms with Crippen LogP contribution in [0.15, 0.2) is 0 Å². The van der Waals surface area contributed by atoms with Gasteiger partial charge in [-0.15, -0.1) is 0 Å². The van der Waals surface area contributed by atoms with Gasteiger partial charge in [-0.25, -0.2) is 4.79 Å². The fourth-order valence-corrected chi connectivity index (χ4v) is 3.48. The summed E-state index contributed by atoms with van der Waals surface area (Å²) in [4.78, 5) is 13.7. The van der Waals surface area contributed by atoms with Gasteiger partial charge < -0.3 is 15.0 Å². The molecule has 2 aliphatic heterocycles. The molecule has 1 amide bonds. The zero-order chi connectivity index (χ0) is 11.3. The summed E-state index contributed by atoms with van der Waals surface area (Å²) < 4.78 is 5.26. The molecule has 0 radical (unpaired) electrons. The van der Waals surface area contributed by atoms with Crippen LogP contribution in [0.2, 0.25) is 0 Å². The maximum atomic E-state index is 11.8. The number of hydrogen-bond acceptors (Lipinski definition) is 3. The lowest BCUT2D eigenvalue weighted by Crippen LogP contribution is -2.47. The Balaban J connectivity index is 1.65. The first-order chi connectivity index (χ1) is 7.62. The molecule has 90 valence electrons. The standard InChI is InChI=1S/C12H20N2O2/c1-8(2)16-11(15)14-6-9-4-3-5-12(9)10(7-14)13-12/h8-10,13H,3-7H2,1-2H3. The largest absolute Gasteiger partial charge is 0.447 e. The first-order valence-electron chi connectivity index (χ1n) is 6.35. The summed E-state index contributed by atoms with van der Waals surface area (Å²) in [6.45, 7) is 5.52. The molecule has 3 aliphatic rings. The number of rotatable bonds is 1. The molecule has 2 saturated heterocycles. The molecule has 1 spiro atoms. The number of hydrogen-bond donors (Lipinski definition) is 1. The average molecular weight is 224 g/mol. The molecule has 1 aliphatic carbocycles. The Labute approximate surface area is 96.3 Å². The van der Waals surface area contributed by atoms with E-state index in [0.29, 0.717) is 17.5 Å². The molecule has 0 aromatic heterocycles. The molecule has 1 saturated carbocycles. The minimum Gasteiger partial charge on any atom is -0.447 e. The van der Waals surface area contributed by atoms with E-state index >= 15 is 0 Å². The van der Waals surface area contributed by atoms with Crippen LogP contribution >= 0.6 is 0 Å². The lowest BCUT2D eigenvalue weighted by molar-refractivity contribution is 0.0645. The van der Waals surface area contributed by atoms with E-state index in [4.69, 9.17) is 4.74 Å². The van der Waals surface area contributed by atoms with Gasteiger partial charge in [0.2, 0.25) is 0 Å². The Hall–Kier alpha value is -0.770. The second-order valence-corrected chi connectivity index (χ2v) is 5.66. The van der Waals surface area contributed by atoms with E-state index in [0.717, 1.165) is 13.1 Å². The second-order valence-electron chi connectivity index (χ2n) is 5.66. The number of piperidine rings is 1. The lowest BCUT2D eigenvalue weighted by Gasteiger charge is -2.32. The number of likely N-dealkylation sites (tertiary alicyclic amines) is 1. The quantitative estimate of drug-likeness (QED) is 0.684. The molecule has 0 aromatic carbocycles. The molecule has 1 N–H and O–H groups in total. The third-order valence-corrected chi connectivity index (χ3v) is 4.29. The van der Waals surface area contributed by atoms with Gasteiger partial charge in [0.15, 0.2) is 0 Å². The van der Waals surface area contributed by atoms with Crippen molar-refractivity contribution in [1.82, 2.24) is 10.2 Å². The van der Waals surface area contributed by atoms with Gasteiger partial charge in [-0.3, -0.25) is 0 Å². The third-order valence-electron chi connectivity index (χ3n) is 4.29. The monoisotopic (exact) mass is 224 g/mol. The van der Waals surface area contributed by atoms with Gasteiger partial charge in [0.1, 0.15) is 0 Å². The van der Waals surface area contributed by atoms with Crippen LogP contribution in [-0.2, 0) is 4.74 Å². The van der Waals surface area contributed by atoms with Crippen molar-refractivity contribution in [2.75, 3.05) is 13.1 Å². The maximum Gasteiger partial charge on any atom is 0.410 e. The van der Waals surface area contributed by atoms with E-state index < -0.39 is 0 Å². The van der Waals surface area contributed by atoms with Crippen LogP contribution in [0.25, 0.3) is 0 Å². The van der Waals surface area contributed by atoms with Crippen LogP contribution in [0, 0.1) is 5.92 Å². The van der Waals surface area contributed by atoms with Crippen LogP contribution in [-0.4, -0.2) is 41.8 Å². The number of amides is 1. The highest BCUT2D eigenvalue weighted by Crippen LogP contribution is 2.50. The normalized spacial score (nSPS) is 40.6. The molecule has 3 unspecified atom stereocenters. The molecular weight excluding hydrogens is 204 g/mol. The SMILES string of the molecule is CC(C)OC(=O)N1CC2CCCC23NC3C1. The van der Waals surface area contributed by atoms with Crippen molar-refractivity contribution >= 4 is 6.09 Å². The van der Waals surface area contributed by atoms with Crippen molar-refractivity contribution in [3.63, 3.8) is 0 Å². The van der Waals surface area contributed by atoms with Crippen molar-refractivity contribution in [2.24, 2.45) is 5.92 Å². The van der Waals surface area contributed by atoms with Gasteiger partial charge in [-0.1, -0.05) is 6.42 Å². The molecule has 4 nitrogen and oxygen atoms in total. The van der Waals surface area contributed by atoms with Gasteiger partial charge in [0.05, 0.1) is 6.10 Å². The Morgan fingerprint density at radius 2 is 2.31 bits per heavy atom. The third kappa shape index (κ3) is 1.43. The van der Waals surface area contributed by atoms with Crippen LogP contribution in [0.5, 0.6) is 0 Å². The molecule has 3 atom stereocenters. The number of carbonyl (C=O) groups is 1. The summed E-state index contributed by atoms with van der Waals surface area (Å²) in [6, 6.07) is 0.536. The molecule has 2 heterocycles. The van der Waals surface area contributed by atoms with Gasteiger partial charge in [-0.2, -0.15) is 0 Å². The highest BCUT2D eigenvalue weighted by Gasteiger charge is 2.63. The van der Waals surface area contributed by atoms with Gasteiger partial charge in [0, 0.05) is 24.7 Å². The molecule has 0 aromatic rings. The summed E-state index contributed by atoms with van der Waals surface area (Å²) in [5.41, 5.74) is 0.411. The van der Waals surface area contributed by atoms with Crippen molar-refractivity contribution in [3.05, 3.63) is 0 Å². The topological polar surface area (TPSA) is 51.5 Å². The molecule has 16 heavy (non-hydrogen) atoms. The smallest absolute Gasteiger partial charge is 0.410 e. The fourth-order valence-electron chi connectivity index (χ4n) is 3.48. The molecule has 0 bridgehead atoms. The summed E-state index contributed by atoms with van der Waals surface area (Å²) in [6.07, 6.45) is 3.71. The lowest BCUT2D eigenvalue weighted by atomic mass is 9.88. The number of nitrogens with one attached hydrogen (secondary N) is 1. The summed E-state index contributed by atoms with van der Waals surface area (Å²) in [5.74, 6) is 0.658. The zero-order valence-electron chi connectivity index (χ0n) is 10.0. The fraction of sp³-hybridized carbons (Fsp3) is 0.917. The first-order valence-corrected chi connectivity index (χ1v) is 6.35. The maximum absolute atomic E-state index is 11.8. The second kappa shape index (κ2) is 3.36. The number of ether oxygens (including phenoxy) is 1. The predicted octanol–water partition coefficient (Wildman–Crippen LogP) is 1.36. The average Bonchev–Trinajstić information content (AvgIpc) is 2.77. The number of nitrogens with zero attached hydrogens (tertiary/aromatic N) is 1. The van der Waals surface area contributed by atoms with Crippen molar-refractivity contribution in [2.45, 2.75) is 50.8 Å². The van der Waals surface area contributed by atoms with Crippen molar-refractivity contribution < 1.29 is 9.53 Å². The summed E-state index contributed by atoms with van der Waals surface area (Å²) in [5, 5.41) is 3.59. The van der Waals surface area contributed by atoms with E-state index in [1.165, 1.54) is 19.3 Å². The highest BCUT2D eigenvalue weighted by molar-refractivity contribution is 5.68. The van der Waals surface area contributed by atoms with E-state index in [-0.39, 0.29) is 12.2 Å². The van der Waals surface area contributed by atoms with Crippen molar-refractivity contribution in [1.29, 1.82) is 0 Å². The molecule has 3 fully saturated rings. The van der Waals surface area contributed by atoms with Crippen LogP contribution in [0.1, 0.15) is 33.1 Å². The zero-order valence-corrected chi connectivity index (χ0v) is 10.0. The van der Waals surface area contributed by atoms with Crippen LogP contribution in [0.4, 0.5) is 4.79 Å². The van der Waals surface area contributed by atoms with Crippen LogP contribution in [0.3, 0.4) is 0 Å². The predicted molar refractivity (Wildman–Crippen MR) is 60.2 cm³/mol. The van der Waals surface area contributed by atoms with Gasteiger partial charge in [0.25, 0.3) is 0 Å². The Morgan fingerprint density at radius 1 is 1.50 bits per heavy atom. The first kappa shape index (κ1) is 10.4. The minimum atomic E-state index is -0.135. The molecular formula is C12H20N2O2. The summed E-state index contributed by atoms with van der Waals surface area (Å²) >= 11 is 0. The van der Waals surface area contributed by atoms with E-state index in [1.54, 1.807) is 0 Å². The molecule has 3 rings (SSSR count). The Bertz CT molecular complexity index is 318. The summed E-state index contributed by atoms with van der Waals surface area (Å²) in [7, 11) is 0. The van der Waals surface area contributed by atoms with Gasteiger partial charge >= 0.3 is 6.09 Å². The number of carbonyl (C=O) groups excluding carboxylic acids is 1. The van der Waals surface area contributed by atoms with E-state index in [9.17, 15) is 4.79 Å². The highest BCUT2D eigenvalue weighted by atomic mass is 16.6. The van der Waals surface area contributed by atoms with E-state index in [1.807, 2.05) is 18.7 Å². The Morgan fingerprint density at radius 3 is 3.06 bits per heavy atom. The molecule has 4 heteroatoms. The van der Waals surface area contributed by atoms with Gasteiger partial charge in [-0.05, 0) is 32.6 Å². The van der Waals surface area contributed by atoms with Crippen molar-refractivity contribution in [3.8, 4) is 0 Å². The Kier molecular flexibility index (Phi) is 2.18. The van der Waals surface area contributed by atoms with E-state index in [2.05, 4.69) is 5.32 Å². The minimum absolute atomic E-state index is 0.0186. The van der Waals surface area contributed by atoms with Crippen LogP contribution < -0.4 is 5.32 Å².